The van der Waals surface area contributed by atoms with Gasteiger partial charge in [0.15, 0.2) is 0 Å². The smallest absolute Gasteiger partial charge is 0.251 e. The average molecular weight is 259 g/mol. The summed E-state index contributed by atoms with van der Waals surface area (Å²) in [6.45, 7) is 4.35. The molecule has 94 valence electrons. The predicted molar refractivity (Wildman–Crippen MR) is 66.9 cm³/mol. The zero-order valence-corrected chi connectivity index (χ0v) is 10.5. The fourth-order valence-corrected chi connectivity index (χ4v) is 1.45. The van der Waals surface area contributed by atoms with Crippen molar-refractivity contribution in [2.45, 2.75) is 13.3 Å². The number of rotatable bonds is 6. The SMILES string of the molecule is CCNCCCNC(=O)c1ccc(Cl)c(F)c1. The third-order valence-corrected chi connectivity index (χ3v) is 2.55. The number of carbonyl (C=O) groups is 1. The van der Waals surface area contributed by atoms with Crippen LogP contribution in [0.3, 0.4) is 0 Å². The highest BCUT2D eigenvalue weighted by Gasteiger charge is 2.07. The maximum atomic E-state index is 13.1. The minimum atomic E-state index is -0.577. The molecule has 5 heteroatoms. The highest BCUT2D eigenvalue weighted by molar-refractivity contribution is 6.30. The Morgan fingerprint density at radius 2 is 2.18 bits per heavy atom. The largest absolute Gasteiger partial charge is 0.352 e. The Bertz CT molecular complexity index is 385. The number of halogens is 2. The number of amides is 1. The molecule has 1 rings (SSSR count). The molecule has 0 aromatic heterocycles. The summed E-state index contributed by atoms with van der Waals surface area (Å²) >= 11 is 5.53. The first-order valence-electron chi connectivity index (χ1n) is 5.59. The Morgan fingerprint density at radius 1 is 1.41 bits per heavy atom. The van der Waals surface area contributed by atoms with Gasteiger partial charge in [0.1, 0.15) is 5.82 Å². The molecule has 1 aromatic rings. The summed E-state index contributed by atoms with van der Waals surface area (Å²) in [5, 5.41) is 5.89. The molecule has 0 aliphatic heterocycles. The van der Waals surface area contributed by atoms with Gasteiger partial charge in [0, 0.05) is 12.1 Å². The Labute approximate surface area is 105 Å². The monoisotopic (exact) mass is 258 g/mol. The van der Waals surface area contributed by atoms with Crippen molar-refractivity contribution in [3.63, 3.8) is 0 Å². The van der Waals surface area contributed by atoms with E-state index in [1.807, 2.05) is 6.92 Å². The quantitative estimate of drug-likeness (QED) is 0.768. The second kappa shape index (κ2) is 7.25. The average Bonchev–Trinajstić information content (AvgIpc) is 2.32. The van der Waals surface area contributed by atoms with Crippen LogP contribution in [-0.2, 0) is 0 Å². The van der Waals surface area contributed by atoms with Gasteiger partial charge in [-0.1, -0.05) is 18.5 Å². The first kappa shape index (κ1) is 13.9. The second-order valence-corrected chi connectivity index (χ2v) is 4.00. The van der Waals surface area contributed by atoms with E-state index in [9.17, 15) is 9.18 Å². The summed E-state index contributed by atoms with van der Waals surface area (Å²) in [6.07, 6.45) is 0.843. The fraction of sp³-hybridized carbons (Fsp3) is 0.417. The van der Waals surface area contributed by atoms with Crippen LogP contribution in [0, 0.1) is 5.82 Å². The van der Waals surface area contributed by atoms with Crippen LogP contribution in [0.2, 0.25) is 5.02 Å². The summed E-state index contributed by atoms with van der Waals surface area (Å²) in [6, 6.07) is 4.03. The molecule has 1 amide bonds. The van der Waals surface area contributed by atoms with E-state index in [4.69, 9.17) is 11.6 Å². The van der Waals surface area contributed by atoms with Gasteiger partial charge in [-0.15, -0.1) is 0 Å². The van der Waals surface area contributed by atoms with E-state index >= 15 is 0 Å². The lowest BCUT2D eigenvalue weighted by Crippen LogP contribution is -2.27. The zero-order chi connectivity index (χ0) is 12.7. The Balaban J connectivity index is 2.39. The van der Waals surface area contributed by atoms with Gasteiger partial charge in [-0.3, -0.25) is 4.79 Å². The molecule has 3 nitrogen and oxygen atoms in total. The van der Waals surface area contributed by atoms with Crippen molar-refractivity contribution < 1.29 is 9.18 Å². The lowest BCUT2D eigenvalue weighted by Gasteiger charge is -2.06. The third-order valence-electron chi connectivity index (χ3n) is 2.25. The van der Waals surface area contributed by atoms with E-state index in [2.05, 4.69) is 10.6 Å². The molecule has 0 unspecified atom stereocenters. The van der Waals surface area contributed by atoms with Crippen LogP contribution in [0.25, 0.3) is 0 Å². The summed E-state index contributed by atoms with van der Waals surface area (Å²) < 4.78 is 13.1. The van der Waals surface area contributed by atoms with E-state index in [1.54, 1.807) is 0 Å². The van der Waals surface area contributed by atoms with Gasteiger partial charge in [-0.2, -0.15) is 0 Å². The lowest BCUT2D eigenvalue weighted by atomic mass is 10.2. The van der Waals surface area contributed by atoms with Crippen LogP contribution < -0.4 is 10.6 Å². The normalized spacial score (nSPS) is 10.3. The van der Waals surface area contributed by atoms with Crippen molar-refractivity contribution in [3.05, 3.63) is 34.6 Å². The van der Waals surface area contributed by atoms with E-state index in [-0.39, 0.29) is 16.5 Å². The van der Waals surface area contributed by atoms with Gasteiger partial charge in [-0.25, -0.2) is 4.39 Å². The van der Waals surface area contributed by atoms with Crippen LogP contribution in [0.15, 0.2) is 18.2 Å². The number of hydrogen-bond acceptors (Lipinski definition) is 2. The van der Waals surface area contributed by atoms with Gasteiger partial charge < -0.3 is 10.6 Å². The fourth-order valence-electron chi connectivity index (χ4n) is 1.33. The molecule has 0 aliphatic carbocycles. The summed E-state index contributed by atoms with van der Waals surface area (Å²) in [7, 11) is 0. The van der Waals surface area contributed by atoms with Crippen LogP contribution in [-0.4, -0.2) is 25.5 Å². The molecule has 0 radical (unpaired) electrons. The van der Waals surface area contributed by atoms with Crippen molar-refractivity contribution in [2.24, 2.45) is 0 Å². The summed E-state index contributed by atoms with van der Waals surface area (Å²) in [5.74, 6) is -0.857. The standard InChI is InChI=1S/C12H16ClFN2O/c1-2-15-6-3-7-16-12(17)9-4-5-10(13)11(14)8-9/h4-5,8,15H,2-3,6-7H2,1H3,(H,16,17). The first-order chi connectivity index (χ1) is 8.15. The zero-order valence-electron chi connectivity index (χ0n) is 9.72. The lowest BCUT2D eigenvalue weighted by molar-refractivity contribution is 0.0953. The molecule has 0 fully saturated rings. The molecule has 1 aromatic carbocycles. The maximum Gasteiger partial charge on any atom is 0.251 e. The number of carbonyl (C=O) groups excluding carboxylic acids is 1. The van der Waals surface area contributed by atoms with Crippen molar-refractivity contribution in [1.29, 1.82) is 0 Å². The Morgan fingerprint density at radius 3 is 2.82 bits per heavy atom. The van der Waals surface area contributed by atoms with E-state index < -0.39 is 5.82 Å². The van der Waals surface area contributed by atoms with Gasteiger partial charge in [0.25, 0.3) is 5.91 Å². The molecule has 0 heterocycles. The molecule has 0 atom stereocenters. The molecule has 17 heavy (non-hydrogen) atoms. The number of hydrogen-bond donors (Lipinski definition) is 2. The molecular weight excluding hydrogens is 243 g/mol. The highest BCUT2D eigenvalue weighted by Crippen LogP contribution is 2.15. The van der Waals surface area contributed by atoms with Gasteiger partial charge in [-0.05, 0) is 37.7 Å². The minimum Gasteiger partial charge on any atom is -0.352 e. The molecule has 0 bridgehead atoms. The molecule has 0 saturated heterocycles. The Kier molecular flexibility index (Phi) is 5.94. The minimum absolute atomic E-state index is 0.0219. The Hall–Kier alpha value is -1.13. The summed E-state index contributed by atoms with van der Waals surface area (Å²) in [4.78, 5) is 11.6. The second-order valence-electron chi connectivity index (χ2n) is 3.59. The topological polar surface area (TPSA) is 41.1 Å². The van der Waals surface area contributed by atoms with Crippen LogP contribution in [0.5, 0.6) is 0 Å². The predicted octanol–water partition coefficient (Wildman–Crippen LogP) is 2.21. The van der Waals surface area contributed by atoms with Crippen LogP contribution in [0.1, 0.15) is 23.7 Å². The number of benzene rings is 1. The maximum absolute atomic E-state index is 13.1. The molecule has 2 N–H and O–H groups in total. The van der Waals surface area contributed by atoms with Gasteiger partial charge >= 0.3 is 0 Å². The van der Waals surface area contributed by atoms with Gasteiger partial charge in [0.05, 0.1) is 5.02 Å². The van der Waals surface area contributed by atoms with Crippen LogP contribution in [0.4, 0.5) is 4.39 Å². The molecular formula is C12H16ClFN2O. The van der Waals surface area contributed by atoms with Crippen molar-refractivity contribution in [2.75, 3.05) is 19.6 Å². The molecule has 0 spiro atoms. The molecule has 0 saturated carbocycles. The van der Waals surface area contributed by atoms with Crippen molar-refractivity contribution in [1.82, 2.24) is 10.6 Å². The molecule has 0 aliphatic rings. The highest BCUT2D eigenvalue weighted by atomic mass is 35.5. The van der Waals surface area contributed by atoms with Crippen molar-refractivity contribution in [3.8, 4) is 0 Å². The third kappa shape index (κ3) is 4.71. The first-order valence-corrected chi connectivity index (χ1v) is 5.97. The van der Waals surface area contributed by atoms with E-state index in [0.29, 0.717) is 6.54 Å². The van der Waals surface area contributed by atoms with E-state index in [0.717, 1.165) is 25.6 Å². The van der Waals surface area contributed by atoms with Crippen molar-refractivity contribution >= 4 is 17.5 Å². The number of nitrogens with one attached hydrogen (secondary N) is 2. The van der Waals surface area contributed by atoms with E-state index in [1.165, 1.54) is 12.1 Å². The van der Waals surface area contributed by atoms with Crippen LogP contribution >= 0.6 is 11.6 Å². The van der Waals surface area contributed by atoms with Gasteiger partial charge in [0.2, 0.25) is 0 Å². The summed E-state index contributed by atoms with van der Waals surface area (Å²) in [5.41, 5.74) is 0.287.